The van der Waals surface area contributed by atoms with E-state index in [-0.39, 0.29) is 17.3 Å². The third kappa shape index (κ3) is 4.83. The number of carbonyl (C=O) groups excluding carboxylic acids is 1. The molecule has 2 heterocycles. The predicted octanol–water partition coefficient (Wildman–Crippen LogP) is 3.81. The number of pyridine rings is 1. The molecule has 4 rings (SSSR count). The summed E-state index contributed by atoms with van der Waals surface area (Å²) in [5.41, 5.74) is 1.72. The van der Waals surface area contributed by atoms with Crippen LogP contribution >= 0.6 is 11.3 Å². The fourth-order valence-electron chi connectivity index (χ4n) is 3.43. The molecular weight excluding hydrogens is 488 g/mol. The normalized spacial score (nSPS) is 11.6. The molecule has 0 spiro atoms. The molecule has 0 unspecified atom stereocenters. The molecule has 0 aliphatic rings. The van der Waals surface area contributed by atoms with Gasteiger partial charge in [0.1, 0.15) is 21.7 Å². The largest absolute Gasteiger partial charge is 0.495 e. The number of ether oxygens (including phenoxy) is 2. The van der Waals surface area contributed by atoms with Crippen molar-refractivity contribution in [1.29, 1.82) is 0 Å². The fraction of sp³-hybridized carbons (Fsp3) is 0.208. The van der Waals surface area contributed by atoms with Gasteiger partial charge < -0.3 is 9.47 Å². The van der Waals surface area contributed by atoms with Crippen molar-refractivity contribution in [2.45, 2.75) is 11.4 Å². The van der Waals surface area contributed by atoms with Gasteiger partial charge in [0.05, 0.1) is 25.7 Å². The highest BCUT2D eigenvalue weighted by Gasteiger charge is 2.25. The average molecular weight is 513 g/mol. The fourth-order valence-corrected chi connectivity index (χ4v) is 5.40. The van der Waals surface area contributed by atoms with E-state index in [9.17, 15) is 13.2 Å². The van der Waals surface area contributed by atoms with Gasteiger partial charge in [-0.3, -0.25) is 14.7 Å². The Labute approximate surface area is 207 Å². The molecule has 0 saturated carbocycles. The molecule has 0 aliphatic heterocycles. The molecule has 0 radical (unpaired) electrons. The van der Waals surface area contributed by atoms with Gasteiger partial charge in [0.2, 0.25) is 10.0 Å². The van der Waals surface area contributed by atoms with Crippen LogP contribution in [-0.2, 0) is 16.6 Å². The highest BCUT2D eigenvalue weighted by atomic mass is 32.2. The Morgan fingerprint density at radius 1 is 1.00 bits per heavy atom. The van der Waals surface area contributed by atoms with Crippen LogP contribution in [0.15, 0.2) is 65.8 Å². The first-order chi connectivity index (χ1) is 16.8. The Kier molecular flexibility index (Phi) is 7.01. The summed E-state index contributed by atoms with van der Waals surface area (Å²) in [6.45, 7) is 0.217. The van der Waals surface area contributed by atoms with E-state index in [1.54, 1.807) is 44.8 Å². The van der Waals surface area contributed by atoms with Crippen molar-refractivity contribution >= 4 is 42.6 Å². The summed E-state index contributed by atoms with van der Waals surface area (Å²) in [7, 11) is 2.43. The number of methoxy groups -OCH3 is 2. The van der Waals surface area contributed by atoms with Gasteiger partial charge in [-0.25, -0.2) is 17.7 Å². The van der Waals surface area contributed by atoms with E-state index in [1.165, 1.54) is 54.6 Å². The maximum Gasteiger partial charge on any atom is 0.260 e. The molecule has 182 valence electrons. The van der Waals surface area contributed by atoms with Crippen molar-refractivity contribution in [2.75, 3.05) is 33.2 Å². The van der Waals surface area contributed by atoms with E-state index in [2.05, 4.69) is 4.98 Å². The molecule has 0 atom stereocenters. The Hall–Kier alpha value is -3.54. The summed E-state index contributed by atoms with van der Waals surface area (Å²) in [5.74, 6) is 0.853. The number of hydrogen-bond acceptors (Lipinski definition) is 8. The van der Waals surface area contributed by atoms with Gasteiger partial charge in [-0.2, -0.15) is 0 Å². The lowest BCUT2D eigenvalue weighted by atomic mass is 10.2. The molecular formula is C24H24N4O5S2. The Bertz CT molecular complexity index is 1410. The number of aromatic nitrogens is 2. The first-order valence-electron chi connectivity index (χ1n) is 10.5. The number of amides is 1. The van der Waals surface area contributed by atoms with Gasteiger partial charge in [-0.15, -0.1) is 0 Å². The molecule has 2 aromatic heterocycles. The number of hydrogen-bond donors (Lipinski definition) is 0. The SMILES string of the molecule is COc1ccc(OC)c2sc(N(Cc3cccnc3)C(=O)c3ccc(S(=O)(=O)N(C)C)cc3)nc12. The summed E-state index contributed by atoms with van der Waals surface area (Å²) in [6.07, 6.45) is 3.34. The maximum absolute atomic E-state index is 13.7. The standard InChI is InChI=1S/C24H24N4O5S2/c1-27(2)35(30,31)18-9-7-17(8-10-18)23(29)28(15-16-6-5-13-25-14-16)24-26-21-19(32-3)11-12-20(33-4)22(21)34-24/h5-14H,15H2,1-4H3. The van der Waals surface area contributed by atoms with Gasteiger partial charge in [0.15, 0.2) is 5.13 Å². The van der Waals surface area contributed by atoms with Crippen LogP contribution in [-0.4, -0.2) is 56.9 Å². The van der Waals surface area contributed by atoms with Crippen LogP contribution in [0.4, 0.5) is 5.13 Å². The summed E-state index contributed by atoms with van der Waals surface area (Å²) in [4.78, 5) is 24.2. The van der Waals surface area contributed by atoms with Crippen LogP contribution in [0.1, 0.15) is 15.9 Å². The van der Waals surface area contributed by atoms with Crippen molar-refractivity contribution in [3.63, 3.8) is 0 Å². The predicted molar refractivity (Wildman–Crippen MR) is 135 cm³/mol. The highest BCUT2D eigenvalue weighted by molar-refractivity contribution is 7.89. The molecule has 35 heavy (non-hydrogen) atoms. The van der Waals surface area contributed by atoms with E-state index in [1.807, 2.05) is 6.07 Å². The summed E-state index contributed by atoms with van der Waals surface area (Å²) in [6, 6.07) is 13.1. The quantitative estimate of drug-likeness (QED) is 0.354. The van der Waals surface area contributed by atoms with Gasteiger partial charge in [-0.05, 0) is 48.0 Å². The van der Waals surface area contributed by atoms with Crippen LogP contribution in [0.2, 0.25) is 0 Å². The van der Waals surface area contributed by atoms with E-state index in [0.717, 1.165) is 14.6 Å². The minimum absolute atomic E-state index is 0.104. The van der Waals surface area contributed by atoms with Gasteiger partial charge in [0.25, 0.3) is 5.91 Å². The van der Waals surface area contributed by atoms with Crippen molar-refractivity contribution in [1.82, 2.24) is 14.3 Å². The lowest BCUT2D eigenvalue weighted by Crippen LogP contribution is -2.30. The van der Waals surface area contributed by atoms with Crippen LogP contribution < -0.4 is 14.4 Å². The van der Waals surface area contributed by atoms with Crippen LogP contribution in [0.25, 0.3) is 10.2 Å². The number of nitrogens with zero attached hydrogens (tertiary/aromatic N) is 4. The second-order valence-corrected chi connectivity index (χ2v) is 10.8. The van der Waals surface area contributed by atoms with Crippen LogP contribution in [0.3, 0.4) is 0 Å². The minimum Gasteiger partial charge on any atom is -0.495 e. The molecule has 0 fully saturated rings. The first kappa shape index (κ1) is 24.6. The van der Waals surface area contributed by atoms with E-state index in [0.29, 0.717) is 27.7 Å². The molecule has 1 amide bonds. The lowest BCUT2D eigenvalue weighted by Gasteiger charge is -2.20. The monoisotopic (exact) mass is 512 g/mol. The smallest absolute Gasteiger partial charge is 0.260 e. The van der Waals surface area contributed by atoms with E-state index in [4.69, 9.17) is 14.5 Å². The molecule has 11 heteroatoms. The summed E-state index contributed by atoms with van der Waals surface area (Å²) < 4.78 is 37.7. The molecule has 0 N–H and O–H groups in total. The lowest BCUT2D eigenvalue weighted by molar-refractivity contribution is 0.0985. The van der Waals surface area contributed by atoms with Gasteiger partial charge in [-0.1, -0.05) is 17.4 Å². The first-order valence-corrected chi connectivity index (χ1v) is 12.8. The summed E-state index contributed by atoms with van der Waals surface area (Å²) >= 11 is 1.31. The molecule has 0 saturated heterocycles. The average Bonchev–Trinajstić information content (AvgIpc) is 3.32. The molecule has 0 bridgehead atoms. The molecule has 9 nitrogen and oxygen atoms in total. The number of thiazole rings is 1. The van der Waals surface area contributed by atoms with Crippen LogP contribution in [0.5, 0.6) is 11.5 Å². The number of sulfonamides is 1. The van der Waals surface area contributed by atoms with Crippen molar-refractivity contribution in [3.05, 3.63) is 72.1 Å². The third-order valence-electron chi connectivity index (χ3n) is 5.32. The second kappa shape index (κ2) is 9.98. The third-order valence-corrected chi connectivity index (χ3v) is 8.24. The Morgan fingerprint density at radius 3 is 2.29 bits per heavy atom. The summed E-state index contributed by atoms with van der Waals surface area (Å²) in [5, 5.41) is 0.446. The molecule has 0 aliphatic carbocycles. The second-order valence-electron chi connectivity index (χ2n) is 7.71. The topological polar surface area (TPSA) is 102 Å². The molecule has 2 aromatic carbocycles. The number of fused-ring (bicyclic) bond motifs is 1. The van der Waals surface area contributed by atoms with Crippen LogP contribution in [0, 0.1) is 0 Å². The number of benzene rings is 2. The Balaban J connectivity index is 1.79. The van der Waals surface area contributed by atoms with Gasteiger partial charge >= 0.3 is 0 Å². The number of carbonyl (C=O) groups is 1. The van der Waals surface area contributed by atoms with Crippen molar-refractivity contribution in [3.8, 4) is 11.5 Å². The van der Waals surface area contributed by atoms with E-state index >= 15 is 0 Å². The van der Waals surface area contributed by atoms with E-state index < -0.39 is 10.0 Å². The van der Waals surface area contributed by atoms with Crippen molar-refractivity contribution < 1.29 is 22.7 Å². The maximum atomic E-state index is 13.7. The zero-order valence-electron chi connectivity index (χ0n) is 19.6. The zero-order valence-corrected chi connectivity index (χ0v) is 21.3. The van der Waals surface area contributed by atoms with Crippen molar-refractivity contribution in [2.24, 2.45) is 0 Å². The number of rotatable bonds is 8. The zero-order chi connectivity index (χ0) is 25.2. The van der Waals surface area contributed by atoms with Gasteiger partial charge in [0, 0.05) is 32.1 Å². The number of anilines is 1. The minimum atomic E-state index is -3.61. The molecule has 4 aromatic rings. The highest BCUT2D eigenvalue weighted by Crippen LogP contribution is 2.40. The Morgan fingerprint density at radius 2 is 1.69 bits per heavy atom.